The normalized spacial score (nSPS) is 14.1. The van der Waals surface area contributed by atoms with E-state index in [0.29, 0.717) is 0 Å². The number of aliphatic hydroxyl groups is 2. The van der Waals surface area contributed by atoms with Crippen molar-refractivity contribution in [2.45, 2.75) is 12.2 Å². The van der Waals surface area contributed by atoms with E-state index in [4.69, 9.17) is 16.3 Å². The first-order chi connectivity index (χ1) is 8.42. The third-order valence-electron chi connectivity index (χ3n) is 2.37. The van der Waals surface area contributed by atoms with Crippen molar-refractivity contribution in [3.05, 3.63) is 32.8 Å². The molecule has 1 rings (SSSR count). The molecule has 0 saturated carbocycles. The molecule has 2 N–H and O–H groups in total. The zero-order valence-corrected chi connectivity index (χ0v) is 11.1. The fourth-order valence-electron chi connectivity index (χ4n) is 1.40. The first-order valence-electron chi connectivity index (χ1n) is 4.91. The fourth-order valence-corrected chi connectivity index (χ4v) is 1.86. The molecule has 1 aromatic carbocycles. The minimum atomic E-state index is -1.35. The van der Waals surface area contributed by atoms with Crippen LogP contribution in [0.5, 0.6) is 5.75 Å². The molecular formula is C10H12ClNO5S. The smallest absolute Gasteiger partial charge is 0.311 e. The number of halogens is 1. The van der Waals surface area contributed by atoms with Crippen LogP contribution in [0.3, 0.4) is 0 Å². The predicted molar refractivity (Wildman–Crippen MR) is 69.5 cm³/mol. The minimum Gasteiger partial charge on any atom is -0.490 e. The zero-order valence-electron chi connectivity index (χ0n) is 9.41. The number of hydrogen-bond donors (Lipinski definition) is 3. The van der Waals surface area contributed by atoms with Gasteiger partial charge >= 0.3 is 5.69 Å². The Kier molecular flexibility index (Phi) is 5.21. The Hall–Kier alpha value is -1.02. The summed E-state index contributed by atoms with van der Waals surface area (Å²) < 4.78 is 4.82. The lowest BCUT2D eigenvalue weighted by atomic mass is 10.0. The number of benzene rings is 1. The van der Waals surface area contributed by atoms with Gasteiger partial charge in [-0.05, 0) is 0 Å². The highest BCUT2D eigenvalue weighted by Gasteiger charge is 2.25. The van der Waals surface area contributed by atoms with Crippen LogP contribution < -0.4 is 4.74 Å². The molecule has 0 amide bonds. The van der Waals surface area contributed by atoms with E-state index < -0.39 is 17.1 Å². The van der Waals surface area contributed by atoms with Crippen molar-refractivity contribution in [3.8, 4) is 5.75 Å². The largest absolute Gasteiger partial charge is 0.490 e. The third kappa shape index (κ3) is 3.05. The predicted octanol–water partition coefficient (Wildman–Crippen LogP) is 1.58. The van der Waals surface area contributed by atoms with Crippen LogP contribution in [0.1, 0.15) is 11.7 Å². The SMILES string of the molecule is COc1cc(Cl)c(C(O)C(O)CS)cc1[N+](=O)[O-]. The van der Waals surface area contributed by atoms with E-state index in [1.807, 2.05) is 0 Å². The van der Waals surface area contributed by atoms with Crippen LogP contribution in [-0.4, -0.2) is 34.1 Å². The molecule has 100 valence electrons. The molecule has 2 atom stereocenters. The summed E-state index contributed by atoms with van der Waals surface area (Å²) in [5.41, 5.74) is -0.270. The number of nitro groups is 1. The molecule has 0 aliphatic rings. The molecule has 0 aliphatic carbocycles. The van der Waals surface area contributed by atoms with Crippen molar-refractivity contribution in [1.29, 1.82) is 0 Å². The Balaban J connectivity index is 3.29. The Morgan fingerprint density at radius 1 is 1.56 bits per heavy atom. The maximum absolute atomic E-state index is 10.8. The Morgan fingerprint density at radius 2 is 2.17 bits per heavy atom. The van der Waals surface area contributed by atoms with Crippen molar-refractivity contribution in [2.24, 2.45) is 0 Å². The second-order valence-corrected chi connectivity index (χ2v) is 4.27. The van der Waals surface area contributed by atoms with Gasteiger partial charge in [0.1, 0.15) is 6.10 Å². The van der Waals surface area contributed by atoms with E-state index >= 15 is 0 Å². The van der Waals surface area contributed by atoms with Crippen LogP contribution in [0, 0.1) is 10.1 Å². The zero-order chi connectivity index (χ0) is 13.9. The van der Waals surface area contributed by atoms with Gasteiger partial charge < -0.3 is 14.9 Å². The lowest BCUT2D eigenvalue weighted by Crippen LogP contribution is -2.20. The Morgan fingerprint density at radius 3 is 2.61 bits per heavy atom. The Labute approximate surface area is 114 Å². The van der Waals surface area contributed by atoms with Gasteiger partial charge in [-0.3, -0.25) is 10.1 Å². The number of nitro benzene ring substituents is 1. The summed E-state index contributed by atoms with van der Waals surface area (Å²) in [6.07, 6.45) is -2.52. The second kappa shape index (κ2) is 6.24. The average Bonchev–Trinajstić information content (AvgIpc) is 2.36. The quantitative estimate of drug-likeness (QED) is 0.435. The highest BCUT2D eigenvalue weighted by atomic mass is 35.5. The van der Waals surface area contributed by atoms with E-state index in [1.165, 1.54) is 13.2 Å². The number of methoxy groups -OCH3 is 1. The number of hydrogen-bond acceptors (Lipinski definition) is 6. The second-order valence-electron chi connectivity index (χ2n) is 3.50. The van der Waals surface area contributed by atoms with Crippen LogP contribution in [0.25, 0.3) is 0 Å². The summed E-state index contributed by atoms with van der Waals surface area (Å²) in [5.74, 6) is -0.0153. The number of ether oxygens (including phenoxy) is 1. The summed E-state index contributed by atoms with van der Waals surface area (Å²) >= 11 is 9.71. The van der Waals surface area contributed by atoms with Crippen molar-refractivity contribution < 1.29 is 19.9 Å². The average molecular weight is 294 g/mol. The lowest BCUT2D eigenvalue weighted by molar-refractivity contribution is -0.385. The van der Waals surface area contributed by atoms with E-state index in [1.54, 1.807) is 0 Å². The van der Waals surface area contributed by atoms with Gasteiger partial charge in [-0.25, -0.2) is 0 Å². The molecule has 6 nitrogen and oxygen atoms in total. The number of rotatable bonds is 5. The molecule has 8 heteroatoms. The van der Waals surface area contributed by atoms with Crippen molar-refractivity contribution in [3.63, 3.8) is 0 Å². The Bertz CT molecular complexity index is 456. The molecule has 0 saturated heterocycles. The molecule has 18 heavy (non-hydrogen) atoms. The molecule has 0 fully saturated rings. The van der Waals surface area contributed by atoms with Gasteiger partial charge in [0, 0.05) is 23.4 Å². The first-order valence-corrected chi connectivity index (χ1v) is 5.92. The van der Waals surface area contributed by atoms with Crippen molar-refractivity contribution >= 4 is 29.9 Å². The summed E-state index contributed by atoms with van der Waals surface area (Å²) in [4.78, 5) is 10.2. The molecule has 0 heterocycles. The van der Waals surface area contributed by atoms with Gasteiger partial charge in [0.15, 0.2) is 5.75 Å². The number of thiol groups is 1. The van der Waals surface area contributed by atoms with Gasteiger partial charge in [-0.15, -0.1) is 0 Å². The van der Waals surface area contributed by atoms with Crippen molar-refractivity contribution in [1.82, 2.24) is 0 Å². The van der Waals surface area contributed by atoms with Crippen LogP contribution in [0.4, 0.5) is 5.69 Å². The van der Waals surface area contributed by atoms with Gasteiger partial charge in [-0.1, -0.05) is 11.6 Å². The summed E-state index contributed by atoms with van der Waals surface area (Å²) in [6.45, 7) is 0. The van der Waals surface area contributed by atoms with E-state index in [9.17, 15) is 20.3 Å². The lowest BCUT2D eigenvalue weighted by Gasteiger charge is -2.17. The molecule has 0 radical (unpaired) electrons. The van der Waals surface area contributed by atoms with Gasteiger partial charge in [-0.2, -0.15) is 12.6 Å². The topological polar surface area (TPSA) is 92.8 Å². The van der Waals surface area contributed by atoms with E-state index in [2.05, 4.69) is 12.6 Å². The monoisotopic (exact) mass is 293 g/mol. The highest BCUT2D eigenvalue weighted by Crippen LogP contribution is 2.36. The molecular weight excluding hydrogens is 282 g/mol. The van der Waals surface area contributed by atoms with Crippen LogP contribution in [0.2, 0.25) is 5.02 Å². The van der Waals surface area contributed by atoms with Gasteiger partial charge in [0.25, 0.3) is 0 Å². The third-order valence-corrected chi connectivity index (χ3v) is 3.07. The number of aliphatic hydroxyl groups excluding tert-OH is 2. The molecule has 2 unspecified atom stereocenters. The standard InChI is InChI=1S/C10H12ClNO5S/c1-17-9-3-6(11)5(2-7(9)12(15)16)10(14)8(13)4-18/h2-3,8,10,13-14,18H,4H2,1H3. The first kappa shape index (κ1) is 15.0. The van der Waals surface area contributed by atoms with Gasteiger partial charge in [0.2, 0.25) is 0 Å². The number of nitrogens with zero attached hydrogens (tertiary/aromatic N) is 1. The van der Waals surface area contributed by atoms with E-state index in [0.717, 1.165) is 6.07 Å². The van der Waals surface area contributed by atoms with E-state index in [-0.39, 0.29) is 27.8 Å². The minimum absolute atomic E-state index is 0.00266. The molecule has 1 aromatic rings. The molecule has 0 bridgehead atoms. The summed E-state index contributed by atoms with van der Waals surface area (Å²) in [6, 6.07) is 2.31. The maximum Gasteiger partial charge on any atom is 0.311 e. The maximum atomic E-state index is 10.8. The van der Waals surface area contributed by atoms with Crippen molar-refractivity contribution in [2.75, 3.05) is 12.9 Å². The van der Waals surface area contributed by atoms with Crippen LogP contribution >= 0.6 is 24.2 Å². The molecule has 0 aromatic heterocycles. The fraction of sp³-hybridized carbons (Fsp3) is 0.400. The van der Waals surface area contributed by atoms with Crippen LogP contribution in [-0.2, 0) is 0 Å². The summed E-state index contributed by atoms with van der Waals surface area (Å²) in [7, 11) is 1.28. The van der Waals surface area contributed by atoms with Gasteiger partial charge in [0.05, 0.1) is 23.2 Å². The summed E-state index contributed by atoms with van der Waals surface area (Å²) in [5, 5.41) is 30.2. The molecule has 0 aliphatic heterocycles. The molecule has 0 spiro atoms. The van der Waals surface area contributed by atoms with Crippen LogP contribution in [0.15, 0.2) is 12.1 Å². The highest BCUT2D eigenvalue weighted by molar-refractivity contribution is 7.80.